The Hall–Kier alpha value is -0.820. The van der Waals surface area contributed by atoms with Crippen molar-refractivity contribution in [3.63, 3.8) is 0 Å². The number of benzene rings is 1. The third kappa shape index (κ3) is 4.09. The van der Waals surface area contributed by atoms with Gasteiger partial charge < -0.3 is 10.5 Å². The average molecular weight is 321 g/mol. The quantitative estimate of drug-likeness (QED) is 0.831. The zero-order valence-electron chi connectivity index (χ0n) is 11.6. The molecule has 114 valence electrons. The van der Waals surface area contributed by atoms with E-state index in [9.17, 15) is 8.42 Å². The molecular weight excluding hydrogens is 300 g/mol. The first-order valence-electron chi connectivity index (χ1n) is 6.34. The Kier molecular flexibility index (Phi) is 5.82. The van der Waals surface area contributed by atoms with Crippen LogP contribution in [0.2, 0.25) is 0 Å². The number of hydrogen-bond acceptors (Lipinski definition) is 4. The van der Waals surface area contributed by atoms with E-state index >= 15 is 0 Å². The first kappa shape index (κ1) is 17.2. The standard InChI is InChI=1S/C13H20N2O3S.ClH/c1-9-7-11(18-2)5-6-13(9)19(16,17)15-8-12(14)10-3-4-10;/h5-7,10,12,15H,3-4,8,14H2,1-2H3;1H. The summed E-state index contributed by atoms with van der Waals surface area (Å²) in [4.78, 5) is 0.274. The molecule has 0 spiro atoms. The molecule has 0 amide bonds. The van der Waals surface area contributed by atoms with Gasteiger partial charge in [0.15, 0.2) is 0 Å². The first-order chi connectivity index (χ1) is 8.94. The highest BCUT2D eigenvalue weighted by atomic mass is 35.5. The van der Waals surface area contributed by atoms with Gasteiger partial charge in [0.1, 0.15) is 5.75 Å². The van der Waals surface area contributed by atoms with Gasteiger partial charge in [0.05, 0.1) is 12.0 Å². The molecule has 0 aromatic heterocycles. The van der Waals surface area contributed by atoms with E-state index in [0.29, 0.717) is 23.8 Å². The molecule has 1 atom stereocenters. The van der Waals surface area contributed by atoms with E-state index in [1.807, 2.05) is 0 Å². The molecule has 0 bridgehead atoms. The largest absolute Gasteiger partial charge is 0.497 e. The van der Waals surface area contributed by atoms with E-state index in [0.717, 1.165) is 12.8 Å². The second-order valence-electron chi connectivity index (χ2n) is 4.98. The molecule has 7 heteroatoms. The predicted octanol–water partition coefficient (Wildman–Crippen LogP) is 1.44. The zero-order valence-corrected chi connectivity index (χ0v) is 13.3. The number of nitrogens with two attached hydrogens (primary N) is 1. The van der Waals surface area contributed by atoms with Gasteiger partial charge >= 0.3 is 0 Å². The normalized spacial score (nSPS) is 16.4. The van der Waals surface area contributed by atoms with E-state index in [2.05, 4.69) is 4.72 Å². The van der Waals surface area contributed by atoms with Gasteiger partial charge in [-0.15, -0.1) is 12.4 Å². The van der Waals surface area contributed by atoms with Crippen LogP contribution in [0.15, 0.2) is 23.1 Å². The van der Waals surface area contributed by atoms with E-state index < -0.39 is 10.0 Å². The molecule has 1 fully saturated rings. The number of nitrogens with one attached hydrogen (secondary N) is 1. The van der Waals surface area contributed by atoms with Gasteiger partial charge in [0.2, 0.25) is 10.0 Å². The van der Waals surface area contributed by atoms with Crippen molar-refractivity contribution < 1.29 is 13.2 Å². The topological polar surface area (TPSA) is 81.4 Å². The van der Waals surface area contributed by atoms with E-state index in [1.54, 1.807) is 32.2 Å². The number of ether oxygens (including phenoxy) is 1. The SMILES string of the molecule is COc1ccc(S(=O)(=O)NCC(N)C2CC2)c(C)c1.Cl. The molecule has 1 saturated carbocycles. The highest BCUT2D eigenvalue weighted by Gasteiger charge is 2.29. The average Bonchev–Trinajstić information content (AvgIpc) is 3.19. The van der Waals surface area contributed by atoms with Crippen molar-refractivity contribution in [2.24, 2.45) is 11.7 Å². The van der Waals surface area contributed by atoms with Crippen molar-refractivity contribution >= 4 is 22.4 Å². The molecule has 0 aliphatic heterocycles. The molecule has 1 aromatic rings. The Labute approximate surface area is 126 Å². The third-order valence-electron chi connectivity index (χ3n) is 3.41. The Morgan fingerprint density at radius 2 is 2.10 bits per heavy atom. The fourth-order valence-electron chi connectivity index (χ4n) is 2.03. The van der Waals surface area contributed by atoms with Gasteiger partial charge in [-0.1, -0.05) is 0 Å². The summed E-state index contributed by atoms with van der Waals surface area (Å²) in [6.45, 7) is 2.04. The minimum absolute atomic E-state index is 0. The minimum atomic E-state index is -3.50. The molecule has 1 aliphatic rings. The molecule has 2 rings (SSSR count). The van der Waals surface area contributed by atoms with Crippen molar-refractivity contribution in [1.29, 1.82) is 0 Å². The minimum Gasteiger partial charge on any atom is -0.497 e. The summed E-state index contributed by atoms with van der Waals surface area (Å²) in [6.07, 6.45) is 2.20. The van der Waals surface area contributed by atoms with E-state index in [1.165, 1.54) is 0 Å². The van der Waals surface area contributed by atoms with Gasteiger partial charge in [-0.05, 0) is 49.4 Å². The number of aryl methyl sites for hydroxylation is 1. The summed E-state index contributed by atoms with van der Waals surface area (Å²) >= 11 is 0. The lowest BCUT2D eigenvalue weighted by atomic mass is 10.2. The maximum atomic E-state index is 12.2. The molecule has 20 heavy (non-hydrogen) atoms. The second-order valence-corrected chi connectivity index (χ2v) is 6.72. The smallest absolute Gasteiger partial charge is 0.240 e. The third-order valence-corrected chi connectivity index (χ3v) is 4.99. The van der Waals surface area contributed by atoms with Crippen LogP contribution in [0.25, 0.3) is 0 Å². The molecule has 0 saturated heterocycles. The predicted molar refractivity (Wildman–Crippen MR) is 80.9 cm³/mol. The van der Waals surface area contributed by atoms with Gasteiger partial charge in [0, 0.05) is 12.6 Å². The van der Waals surface area contributed by atoms with Crippen molar-refractivity contribution in [2.75, 3.05) is 13.7 Å². The summed E-state index contributed by atoms with van der Waals surface area (Å²) in [5.41, 5.74) is 6.56. The van der Waals surface area contributed by atoms with Crippen LogP contribution in [0, 0.1) is 12.8 Å². The number of halogens is 1. The van der Waals surface area contributed by atoms with Crippen LogP contribution < -0.4 is 15.2 Å². The van der Waals surface area contributed by atoms with Crippen molar-refractivity contribution in [3.8, 4) is 5.75 Å². The molecule has 0 radical (unpaired) electrons. The highest BCUT2D eigenvalue weighted by Crippen LogP contribution is 2.31. The van der Waals surface area contributed by atoms with Crippen LogP contribution in [0.5, 0.6) is 5.75 Å². The number of sulfonamides is 1. The summed E-state index contributed by atoms with van der Waals surface area (Å²) in [5, 5.41) is 0. The van der Waals surface area contributed by atoms with E-state index in [-0.39, 0.29) is 23.3 Å². The summed E-state index contributed by atoms with van der Waals surface area (Å²) in [5.74, 6) is 1.12. The summed E-state index contributed by atoms with van der Waals surface area (Å²) < 4.78 is 32.0. The van der Waals surface area contributed by atoms with Crippen LogP contribution in [-0.2, 0) is 10.0 Å². The lowest BCUT2D eigenvalue weighted by Crippen LogP contribution is -2.38. The van der Waals surface area contributed by atoms with Crippen LogP contribution in [0.1, 0.15) is 18.4 Å². The van der Waals surface area contributed by atoms with Crippen LogP contribution in [-0.4, -0.2) is 28.1 Å². The van der Waals surface area contributed by atoms with Crippen molar-refractivity contribution in [3.05, 3.63) is 23.8 Å². The second kappa shape index (κ2) is 6.76. The van der Waals surface area contributed by atoms with Crippen LogP contribution >= 0.6 is 12.4 Å². The first-order valence-corrected chi connectivity index (χ1v) is 7.82. The molecule has 3 N–H and O–H groups in total. The van der Waals surface area contributed by atoms with Crippen molar-refractivity contribution in [1.82, 2.24) is 4.72 Å². The van der Waals surface area contributed by atoms with E-state index in [4.69, 9.17) is 10.5 Å². The van der Waals surface area contributed by atoms with Crippen LogP contribution in [0.3, 0.4) is 0 Å². The van der Waals surface area contributed by atoms with Gasteiger partial charge in [-0.3, -0.25) is 0 Å². The molecule has 1 aliphatic carbocycles. The fraction of sp³-hybridized carbons (Fsp3) is 0.538. The number of hydrogen-bond donors (Lipinski definition) is 2. The Morgan fingerprint density at radius 1 is 1.45 bits per heavy atom. The lowest BCUT2D eigenvalue weighted by molar-refractivity contribution is 0.414. The van der Waals surface area contributed by atoms with Gasteiger partial charge in [-0.2, -0.15) is 0 Å². The zero-order chi connectivity index (χ0) is 14.0. The summed E-state index contributed by atoms with van der Waals surface area (Å²) in [7, 11) is -1.95. The number of methoxy groups -OCH3 is 1. The summed E-state index contributed by atoms with van der Waals surface area (Å²) in [6, 6.07) is 4.81. The Balaban J connectivity index is 0.00000200. The van der Waals surface area contributed by atoms with Gasteiger partial charge in [0.25, 0.3) is 0 Å². The van der Waals surface area contributed by atoms with Crippen LogP contribution in [0.4, 0.5) is 0 Å². The molecule has 0 heterocycles. The highest BCUT2D eigenvalue weighted by molar-refractivity contribution is 7.89. The lowest BCUT2D eigenvalue weighted by Gasteiger charge is -2.14. The molecular formula is C13H21ClN2O3S. The molecule has 1 aromatic carbocycles. The number of rotatable bonds is 6. The molecule has 5 nitrogen and oxygen atoms in total. The Bertz CT molecular complexity index is 559. The Morgan fingerprint density at radius 3 is 2.60 bits per heavy atom. The monoisotopic (exact) mass is 320 g/mol. The maximum Gasteiger partial charge on any atom is 0.240 e. The fourth-order valence-corrected chi connectivity index (χ4v) is 3.32. The molecule has 1 unspecified atom stereocenters. The van der Waals surface area contributed by atoms with Crippen molar-refractivity contribution in [2.45, 2.75) is 30.7 Å². The van der Waals surface area contributed by atoms with Gasteiger partial charge in [-0.25, -0.2) is 13.1 Å². The maximum absolute atomic E-state index is 12.2.